The minimum atomic E-state index is -0.327. The predicted octanol–water partition coefficient (Wildman–Crippen LogP) is 2.58. The molecule has 0 fully saturated rings. The van der Waals surface area contributed by atoms with E-state index in [1.54, 1.807) is 7.11 Å². The molecule has 26 heavy (non-hydrogen) atoms. The molecule has 0 radical (unpaired) electrons. The first kappa shape index (κ1) is 17.9. The number of hydrogen-bond donors (Lipinski definition) is 2. The van der Waals surface area contributed by atoms with Gasteiger partial charge in [0.25, 0.3) is 5.91 Å². The summed E-state index contributed by atoms with van der Waals surface area (Å²) >= 11 is 0. The standard InChI is InChI=1S/C18H23N5O3/c1-12(2)9-23-8-7-13-14(23)5-4-6-15(13)26-11-17(24)20-18-19-16(10-25-3)21-22-18/h4-8,12H,9-11H2,1-3H3,(H2,19,20,21,22,24). The summed E-state index contributed by atoms with van der Waals surface area (Å²) in [5.41, 5.74) is 1.09. The molecule has 138 valence electrons. The third kappa shape index (κ3) is 4.20. The van der Waals surface area contributed by atoms with Crippen molar-refractivity contribution in [1.82, 2.24) is 19.7 Å². The second-order valence-corrected chi connectivity index (χ2v) is 6.43. The molecule has 0 unspecified atom stereocenters. The minimum Gasteiger partial charge on any atom is -0.483 e. The number of carbonyl (C=O) groups excluding carboxylic acids is 1. The molecule has 2 N–H and O–H groups in total. The zero-order valence-electron chi connectivity index (χ0n) is 15.2. The van der Waals surface area contributed by atoms with Crippen LogP contribution in [-0.4, -0.2) is 39.4 Å². The van der Waals surface area contributed by atoms with Crippen LogP contribution in [-0.2, 0) is 22.7 Å². The number of nitrogens with zero attached hydrogens (tertiary/aromatic N) is 3. The summed E-state index contributed by atoms with van der Waals surface area (Å²) in [4.78, 5) is 16.2. The molecule has 0 saturated carbocycles. The lowest BCUT2D eigenvalue weighted by Gasteiger charge is -2.10. The highest BCUT2D eigenvalue weighted by Gasteiger charge is 2.11. The van der Waals surface area contributed by atoms with Gasteiger partial charge >= 0.3 is 0 Å². The van der Waals surface area contributed by atoms with Gasteiger partial charge in [0.2, 0.25) is 5.95 Å². The lowest BCUT2D eigenvalue weighted by molar-refractivity contribution is -0.118. The molecule has 0 aliphatic rings. The topological polar surface area (TPSA) is 94.1 Å². The van der Waals surface area contributed by atoms with E-state index in [1.165, 1.54) is 0 Å². The van der Waals surface area contributed by atoms with Gasteiger partial charge in [0.15, 0.2) is 12.4 Å². The Morgan fingerprint density at radius 3 is 2.96 bits per heavy atom. The van der Waals surface area contributed by atoms with Crippen LogP contribution in [0, 0.1) is 5.92 Å². The van der Waals surface area contributed by atoms with Crippen molar-refractivity contribution in [1.29, 1.82) is 0 Å². The van der Waals surface area contributed by atoms with Gasteiger partial charge in [-0.15, -0.1) is 5.10 Å². The number of methoxy groups -OCH3 is 1. The number of benzene rings is 1. The maximum absolute atomic E-state index is 12.1. The Morgan fingerprint density at radius 2 is 2.19 bits per heavy atom. The van der Waals surface area contributed by atoms with Crippen molar-refractivity contribution < 1.29 is 14.3 Å². The number of anilines is 1. The number of aromatic amines is 1. The molecular weight excluding hydrogens is 334 g/mol. The van der Waals surface area contributed by atoms with Gasteiger partial charge in [-0.1, -0.05) is 19.9 Å². The number of ether oxygens (including phenoxy) is 2. The first-order chi connectivity index (χ1) is 12.6. The van der Waals surface area contributed by atoms with Gasteiger partial charge in [0.05, 0.1) is 5.52 Å². The Bertz CT molecular complexity index is 884. The molecule has 0 bridgehead atoms. The highest BCUT2D eigenvalue weighted by molar-refractivity contribution is 5.91. The predicted molar refractivity (Wildman–Crippen MR) is 98.0 cm³/mol. The Hall–Kier alpha value is -2.87. The summed E-state index contributed by atoms with van der Waals surface area (Å²) in [7, 11) is 1.56. The van der Waals surface area contributed by atoms with Crippen LogP contribution in [0.3, 0.4) is 0 Å². The quantitative estimate of drug-likeness (QED) is 0.646. The molecule has 1 amide bonds. The van der Waals surface area contributed by atoms with E-state index in [9.17, 15) is 4.79 Å². The highest BCUT2D eigenvalue weighted by Crippen LogP contribution is 2.27. The number of nitrogens with one attached hydrogen (secondary N) is 2. The fourth-order valence-corrected chi connectivity index (χ4v) is 2.73. The zero-order valence-corrected chi connectivity index (χ0v) is 15.2. The van der Waals surface area contributed by atoms with E-state index in [0.29, 0.717) is 24.1 Å². The first-order valence-corrected chi connectivity index (χ1v) is 8.47. The van der Waals surface area contributed by atoms with Crippen molar-refractivity contribution in [3.8, 4) is 5.75 Å². The second-order valence-electron chi connectivity index (χ2n) is 6.43. The Labute approximate surface area is 151 Å². The number of hydrogen-bond acceptors (Lipinski definition) is 5. The third-order valence-corrected chi connectivity index (χ3v) is 3.76. The molecule has 0 atom stereocenters. The molecule has 8 nitrogen and oxygen atoms in total. The van der Waals surface area contributed by atoms with Crippen LogP contribution in [0.1, 0.15) is 19.7 Å². The number of aromatic nitrogens is 4. The maximum atomic E-state index is 12.1. The van der Waals surface area contributed by atoms with Crippen molar-refractivity contribution in [2.45, 2.75) is 27.0 Å². The number of amides is 1. The van der Waals surface area contributed by atoms with E-state index in [0.717, 1.165) is 17.4 Å². The van der Waals surface area contributed by atoms with Crippen molar-refractivity contribution in [3.63, 3.8) is 0 Å². The summed E-state index contributed by atoms with van der Waals surface area (Å²) < 4.78 is 12.8. The highest BCUT2D eigenvalue weighted by atomic mass is 16.5. The molecule has 0 aliphatic heterocycles. The van der Waals surface area contributed by atoms with E-state index in [1.807, 2.05) is 24.4 Å². The Kier molecular flexibility index (Phi) is 5.52. The van der Waals surface area contributed by atoms with Crippen LogP contribution >= 0.6 is 0 Å². The minimum absolute atomic E-state index is 0.122. The van der Waals surface area contributed by atoms with Crippen molar-refractivity contribution in [3.05, 3.63) is 36.3 Å². The molecule has 2 heterocycles. The summed E-state index contributed by atoms with van der Waals surface area (Å²) in [5, 5.41) is 10.2. The lowest BCUT2D eigenvalue weighted by atomic mass is 10.2. The van der Waals surface area contributed by atoms with E-state index < -0.39 is 0 Å². The van der Waals surface area contributed by atoms with Crippen LogP contribution in [0.15, 0.2) is 30.5 Å². The maximum Gasteiger partial charge on any atom is 0.264 e. The number of H-pyrrole nitrogens is 1. The van der Waals surface area contributed by atoms with Gasteiger partial charge in [-0.25, -0.2) is 0 Å². The smallest absolute Gasteiger partial charge is 0.264 e. The van der Waals surface area contributed by atoms with Crippen LogP contribution < -0.4 is 10.1 Å². The number of fused-ring (bicyclic) bond motifs is 1. The van der Waals surface area contributed by atoms with Gasteiger partial charge in [-0.3, -0.25) is 15.2 Å². The first-order valence-electron chi connectivity index (χ1n) is 8.47. The second kappa shape index (κ2) is 8.01. The van der Waals surface area contributed by atoms with Gasteiger partial charge in [-0.2, -0.15) is 4.98 Å². The molecule has 3 rings (SSSR count). The summed E-state index contributed by atoms with van der Waals surface area (Å²) in [5.74, 6) is 1.64. The van der Waals surface area contributed by atoms with Gasteiger partial charge < -0.3 is 14.0 Å². The average Bonchev–Trinajstić information content (AvgIpc) is 3.20. The van der Waals surface area contributed by atoms with E-state index in [4.69, 9.17) is 9.47 Å². The molecule has 1 aromatic carbocycles. The molecular formula is C18H23N5O3. The molecule has 3 aromatic rings. The number of rotatable bonds is 8. The Morgan fingerprint density at radius 1 is 1.35 bits per heavy atom. The van der Waals surface area contributed by atoms with Crippen molar-refractivity contribution >= 4 is 22.8 Å². The van der Waals surface area contributed by atoms with E-state index in [2.05, 4.69) is 45.0 Å². The van der Waals surface area contributed by atoms with Crippen LogP contribution in [0.2, 0.25) is 0 Å². The van der Waals surface area contributed by atoms with E-state index >= 15 is 0 Å². The third-order valence-electron chi connectivity index (χ3n) is 3.76. The van der Waals surface area contributed by atoms with Crippen LogP contribution in [0.25, 0.3) is 10.9 Å². The SMILES string of the molecule is COCc1nc(NC(=O)COc2cccc3c2ccn3CC(C)C)n[nH]1. The van der Waals surface area contributed by atoms with Crippen molar-refractivity contribution in [2.24, 2.45) is 5.92 Å². The van der Waals surface area contributed by atoms with Gasteiger partial charge in [0, 0.05) is 25.2 Å². The van der Waals surface area contributed by atoms with Crippen LogP contribution in [0.4, 0.5) is 5.95 Å². The summed E-state index contributed by atoms with van der Waals surface area (Å²) in [6.45, 7) is 5.47. The van der Waals surface area contributed by atoms with Crippen molar-refractivity contribution in [2.75, 3.05) is 19.0 Å². The average molecular weight is 357 g/mol. The van der Waals surface area contributed by atoms with Crippen LogP contribution in [0.5, 0.6) is 5.75 Å². The Balaban J connectivity index is 1.63. The monoisotopic (exact) mass is 357 g/mol. The summed E-state index contributed by atoms with van der Waals surface area (Å²) in [6.07, 6.45) is 2.04. The fourth-order valence-electron chi connectivity index (χ4n) is 2.73. The normalized spacial score (nSPS) is 11.2. The fraction of sp³-hybridized carbons (Fsp3) is 0.389. The van der Waals surface area contributed by atoms with Gasteiger partial charge in [0.1, 0.15) is 12.4 Å². The molecule has 0 aliphatic carbocycles. The lowest BCUT2D eigenvalue weighted by Crippen LogP contribution is -2.21. The van der Waals surface area contributed by atoms with E-state index in [-0.39, 0.29) is 18.5 Å². The molecule has 2 aromatic heterocycles. The molecule has 8 heteroatoms. The van der Waals surface area contributed by atoms with Gasteiger partial charge in [-0.05, 0) is 24.1 Å². The largest absolute Gasteiger partial charge is 0.483 e. The zero-order chi connectivity index (χ0) is 18.5. The summed E-state index contributed by atoms with van der Waals surface area (Å²) in [6, 6.07) is 7.85. The molecule has 0 saturated heterocycles. The molecule has 0 spiro atoms. The number of carbonyl (C=O) groups is 1.